The summed E-state index contributed by atoms with van der Waals surface area (Å²) in [7, 11) is 0. The molecule has 1 aromatic heterocycles. The molecule has 0 aliphatic heterocycles. The van der Waals surface area contributed by atoms with Crippen LogP contribution in [0.3, 0.4) is 0 Å². The zero-order chi connectivity index (χ0) is 10.6. The van der Waals surface area contributed by atoms with E-state index in [0.717, 1.165) is 12.8 Å². The Labute approximate surface area is 90.1 Å². The van der Waals surface area contributed by atoms with E-state index in [1.54, 1.807) is 0 Å². The van der Waals surface area contributed by atoms with Crippen LogP contribution in [0.15, 0.2) is 6.20 Å². The van der Waals surface area contributed by atoms with Gasteiger partial charge in [-0.15, -0.1) is 0 Å². The molecule has 2 aliphatic rings. The predicted molar refractivity (Wildman–Crippen MR) is 57.8 cm³/mol. The summed E-state index contributed by atoms with van der Waals surface area (Å²) in [6.45, 7) is 4.33. The molecule has 82 valence electrons. The number of fused-ring (bicyclic) bond motifs is 4. The summed E-state index contributed by atoms with van der Waals surface area (Å²) in [5, 5.41) is 14.5. The molecule has 0 unspecified atom stereocenters. The van der Waals surface area contributed by atoms with Crippen LogP contribution in [0.5, 0.6) is 0 Å². The van der Waals surface area contributed by atoms with Gasteiger partial charge in [0.1, 0.15) is 0 Å². The van der Waals surface area contributed by atoms with E-state index in [2.05, 4.69) is 23.6 Å². The lowest BCUT2D eigenvalue weighted by Gasteiger charge is -2.27. The number of aromatic nitrogens is 2. The summed E-state index contributed by atoms with van der Waals surface area (Å²) in [6.07, 6.45) is 5.21. The molecule has 1 N–H and O–H groups in total. The first-order valence-corrected chi connectivity index (χ1v) is 5.93. The normalized spacial score (nSPS) is 33.5. The molecule has 3 atom stereocenters. The summed E-state index contributed by atoms with van der Waals surface area (Å²) in [5.74, 6) is 0.850. The number of nitrogens with zero attached hydrogens (tertiary/aromatic N) is 2. The van der Waals surface area contributed by atoms with E-state index in [4.69, 9.17) is 0 Å². The Balaban J connectivity index is 2.07. The first-order valence-electron chi connectivity index (χ1n) is 5.93. The highest BCUT2D eigenvalue weighted by molar-refractivity contribution is 5.30. The molecule has 3 rings (SSSR count). The largest absolute Gasteiger partial charge is 0.392 e. The highest BCUT2D eigenvalue weighted by atomic mass is 16.3. The second-order valence-electron chi connectivity index (χ2n) is 5.22. The molecule has 0 aromatic carbocycles. The van der Waals surface area contributed by atoms with Gasteiger partial charge in [0.15, 0.2) is 0 Å². The highest BCUT2D eigenvalue weighted by Crippen LogP contribution is 2.46. The standard InChI is InChI=1S/C12H18N2O/c1-7(2)14-11-5-8-3-4-9(12(8)15)10(11)6-13-14/h6-9,12,15H,3-5H2,1-2H3/t8-,9-,12-/m1/s1. The second-order valence-corrected chi connectivity index (χ2v) is 5.22. The third-order valence-electron chi connectivity index (χ3n) is 4.02. The Morgan fingerprint density at radius 3 is 3.00 bits per heavy atom. The topological polar surface area (TPSA) is 38.0 Å². The van der Waals surface area contributed by atoms with Crippen LogP contribution in [-0.2, 0) is 6.42 Å². The molecule has 0 amide bonds. The predicted octanol–water partition coefficient (Wildman–Crippen LogP) is 1.87. The number of rotatable bonds is 1. The van der Waals surface area contributed by atoms with Crippen molar-refractivity contribution in [2.24, 2.45) is 5.92 Å². The number of hydrogen-bond donors (Lipinski definition) is 1. The van der Waals surface area contributed by atoms with Gasteiger partial charge < -0.3 is 5.11 Å². The van der Waals surface area contributed by atoms with Gasteiger partial charge in [0.25, 0.3) is 0 Å². The maximum Gasteiger partial charge on any atom is 0.0641 e. The molecular formula is C12H18N2O. The van der Waals surface area contributed by atoms with E-state index in [0.29, 0.717) is 17.9 Å². The van der Waals surface area contributed by atoms with E-state index in [9.17, 15) is 5.11 Å². The third-order valence-corrected chi connectivity index (χ3v) is 4.02. The Hall–Kier alpha value is -0.830. The van der Waals surface area contributed by atoms with E-state index in [1.165, 1.54) is 17.7 Å². The fourth-order valence-electron chi connectivity index (χ4n) is 3.24. The van der Waals surface area contributed by atoms with Gasteiger partial charge in [0.05, 0.1) is 12.3 Å². The molecular weight excluding hydrogens is 188 g/mol. The molecule has 0 spiro atoms. The maximum absolute atomic E-state index is 10.1. The molecule has 1 fully saturated rings. The van der Waals surface area contributed by atoms with Crippen molar-refractivity contribution in [1.29, 1.82) is 0 Å². The molecule has 0 radical (unpaired) electrons. The van der Waals surface area contributed by atoms with Crippen molar-refractivity contribution in [3.63, 3.8) is 0 Å². The Bertz CT molecular complexity index is 383. The lowest BCUT2D eigenvalue weighted by Crippen LogP contribution is -2.28. The molecule has 2 aliphatic carbocycles. The van der Waals surface area contributed by atoms with Crippen molar-refractivity contribution in [2.45, 2.75) is 51.2 Å². The van der Waals surface area contributed by atoms with E-state index >= 15 is 0 Å². The second kappa shape index (κ2) is 3.08. The van der Waals surface area contributed by atoms with Crippen molar-refractivity contribution < 1.29 is 5.11 Å². The zero-order valence-electron chi connectivity index (χ0n) is 9.35. The Kier molecular flexibility index (Phi) is 1.93. The van der Waals surface area contributed by atoms with Crippen molar-refractivity contribution >= 4 is 0 Å². The van der Waals surface area contributed by atoms with Crippen molar-refractivity contribution in [2.75, 3.05) is 0 Å². The van der Waals surface area contributed by atoms with Crippen LogP contribution < -0.4 is 0 Å². The first-order chi connectivity index (χ1) is 7.18. The van der Waals surface area contributed by atoms with Gasteiger partial charge in [-0.25, -0.2) is 0 Å². The fourth-order valence-corrected chi connectivity index (χ4v) is 3.24. The van der Waals surface area contributed by atoms with E-state index < -0.39 is 0 Å². The average Bonchev–Trinajstić information content (AvgIpc) is 2.69. The average molecular weight is 206 g/mol. The van der Waals surface area contributed by atoms with Crippen LogP contribution in [0.4, 0.5) is 0 Å². The van der Waals surface area contributed by atoms with Crippen LogP contribution in [0.25, 0.3) is 0 Å². The summed E-state index contributed by atoms with van der Waals surface area (Å²) in [5.41, 5.74) is 2.69. The molecule has 1 saturated carbocycles. The third kappa shape index (κ3) is 1.19. The van der Waals surface area contributed by atoms with Gasteiger partial charge in [0.2, 0.25) is 0 Å². The molecule has 3 nitrogen and oxygen atoms in total. The molecule has 1 aromatic rings. The van der Waals surface area contributed by atoms with Crippen LogP contribution >= 0.6 is 0 Å². The van der Waals surface area contributed by atoms with Crippen molar-refractivity contribution in [3.05, 3.63) is 17.5 Å². The van der Waals surface area contributed by atoms with Gasteiger partial charge >= 0.3 is 0 Å². The molecule has 0 saturated heterocycles. The van der Waals surface area contributed by atoms with Crippen molar-refractivity contribution in [3.8, 4) is 0 Å². The lowest BCUT2D eigenvalue weighted by molar-refractivity contribution is 0.107. The number of hydrogen-bond acceptors (Lipinski definition) is 2. The zero-order valence-corrected chi connectivity index (χ0v) is 9.35. The van der Waals surface area contributed by atoms with E-state index in [1.807, 2.05) is 6.20 Å². The molecule has 2 bridgehead atoms. The van der Waals surface area contributed by atoms with Crippen molar-refractivity contribution in [1.82, 2.24) is 9.78 Å². The number of aliphatic hydroxyl groups is 1. The van der Waals surface area contributed by atoms with Gasteiger partial charge in [-0.1, -0.05) is 0 Å². The molecule has 1 heterocycles. The SMILES string of the molecule is CC(C)n1ncc2c1C[C@H]1CC[C@H]2[C@@H]1O. The summed E-state index contributed by atoms with van der Waals surface area (Å²) in [6, 6.07) is 0.434. The minimum atomic E-state index is -0.109. The molecule has 3 heteroatoms. The van der Waals surface area contributed by atoms with Gasteiger partial charge in [0, 0.05) is 17.7 Å². The minimum Gasteiger partial charge on any atom is -0.392 e. The van der Waals surface area contributed by atoms with Gasteiger partial charge in [-0.2, -0.15) is 5.10 Å². The highest BCUT2D eigenvalue weighted by Gasteiger charge is 2.42. The lowest BCUT2D eigenvalue weighted by atomic mass is 9.84. The quantitative estimate of drug-likeness (QED) is 0.761. The van der Waals surface area contributed by atoms with Gasteiger partial charge in [-0.3, -0.25) is 4.68 Å². The van der Waals surface area contributed by atoms with Crippen LogP contribution in [0.2, 0.25) is 0 Å². The van der Waals surface area contributed by atoms with Crippen LogP contribution in [-0.4, -0.2) is 21.0 Å². The fraction of sp³-hybridized carbons (Fsp3) is 0.750. The summed E-state index contributed by atoms with van der Waals surface area (Å²) < 4.78 is 2.13. The smallest absolute Gasteiger partial charge is 0.0641 e. The maximum atomic E-state index is 10.1. The summed E-state index contributed by atoms with van der Waals surface area (Å²) in [4.78, 5) is 0. The Morgan fingerprint density at radius 2 is 2.27 bits per heavy atom. The first kappa shape index (κ1) is 9.40. The van der Waals surface area contributed by atoms with Crippen LogP contribution in [0, 0.1) is 5.92 Å². The summed E-state index contributed by atoms with van der Waals surface area (Å²) >= 11 is 0. The Morgan fingerprint density at radius 1 is 1.47 bits per heavy atom. The minimum absolute atomic E-state index is 0.109. The molecule has 15 heavy (non-hydrogen) atoms. The monoisotopic (exact) mass is 206 g/mol. The van der Waals surface area contributed by atoms with Gasteiger partial charge in [-0.05, 0) is 44.6 Å². The number of aliphatic hydroxyl groups excluding tert-OH is 1. The van der Waals surface area contributed by atoms with E-state index in [-0.39, 0.29) is 6.10 Å². The van der Waals surface area contributed by atoms with Crippen LogP contribution in [0.1, 0.15) is 49.9 Å².